The summed E-state index contributed by atoms with van der Waals surface area (Å²) in [6, 6.07) is 10.8. The molecule has 2 fully saturated rings. The Morgan fingerprint density at radius 2 is 1.93 bits per heavy atom. The highest BCUT2D eigenvalue weighted by Gasteiger charge is 2.44. The molecule has 0 bridgehead atoms. The zero-order valence-electron chi connectivity index (χ0n) is 18.2. The number of likely N-dealkylation sites (tertiary alicyclic amines) is 1. The van der Waals surface area contributed by atoms with E-state index in [0.29, 0.717) is 12.5 Å². The average molecular weight is 412 g/mol. The molecule has 1 N–H and O–H groups in total. The Morgan fingerprint density at radius 1 is 1.20 bits per heavy atom. The van der Waals surface area contributed by atoms with Crippen molar-refractivity contribution in [3.63, 3.8) is 0 Å². The maximum absolute atomic E-state index is 12.5. The van der Waals surface area contributed by atoms with E-state index in [1.165, 1.54) is 12.7 Å². The smallest absolute Gasteiger partial charge is 0.410 e. The lowest BCUT2D eigenvalue weighted by Crippen LogP contribution is -2.44. The van der Waals surface area contributed by atoms with Gasteiger partial charge in [-0.3, -0.25) is 10.00 Å². The number of methoxy groups -OCH3 is 1. The first kappa shape index (κ1) is 20.9. The Morgan fingerprint density at radius 3 is 2.57 bits per heavy atom. The van der Waals surface area contributed by atoms with Gasteiger partial charge in [-0.15, -0.1) is 0 Å². The van der Waals surface area contributed by atoms with Crippen LogP contribution in [-0.2, 0) is 9.47 Å². The molecule has 2 aliphatic rings. The quantitative estimate of drug-likeness (QED) is 0.769. The fraction of sp³-hybridized carbons (Fsp3) is 0.583. The molecular formula is C24H33N3O3. The number of benzene rings is 1. The van der Waals surface area contributed by atoms with Crippen molar-refractivity contribution in [2.75, 3.05) is 13.7 Å². The van der Waals surface area contributed by atoms with E-state index < -0.39 is 0 Å². The Labute approximate surface area is 178 Å². The highest BCUT2D eigenvalue weighted by Crippen LogP contribution is 2.39. The van der Waals surface area contributed by atoms with E-state index in [1.807, 2.05) is 11.1 Å². The van der Waals surface area contributed by atoms with E-state index in [1.54, 1.807) is 0 Å². The molecule has 0 spiro atoms. The molecule has 1 amide bonds. The van der Waals surface area contributed by atoms with Gasteiger partial charge in [0.1, 0.15) is 0 Å². The maximum atomic E-state index is 12.5. The monoisotopic (exact) mass is 411 g/mol. The SMILES string of the molecule is COC(=O)N1[C@H](C)CC(c2[nH]ncc2C)[C@@H]1COC1CCC(c2ccccc2)CC1. The van der Waals surface area contributed by atoms with Crippen molar-refractivity contribution in [3.05, 3.63) is 53.3 Å². The zero-order valence-corrected chi connectivity index (χ0v) is 18.2. The molecule has 1 aliphatic heterocycles. The fourth-order valence-corrected chi connectivity index (χ4v) is 5.34. The number of rotatable bonds is 5. The second kappa shape index (κ2) is 9.21. The van der Waals surface area contributed by atoms with Gasteiger partial charge in [0, 0.05) is 17.7 Å². The first-order valence-corrected chi connectivity index (χ1v) is 11.1. The van der Waals surface area contributed by atoms with Crippen LogP contribution in [0.3, 0.4) is 0 Å². The van der Waals surface area contributed by atoms with Gasteiger partial charge in [-0.2, -0.15) is 5.10 Å². The van der Waals surface area contributed by atoms with Gasteiger partial charge in [-0.05, 0) is 63.0 Å². The van der Waals surface area contributed by atoms with Gasteiger partial charge in [-0.1, -0.05) is 30.3 Å². The molecule has 1 saturated heterocycles. The Bertz CT molecular complexity index is 829. The predicted molar refractivity (Wildman–Crippen MR) is 116 cm³/mol. The van der Waals surface area contributed by atoms with Gasteiger partial charge in [0.2, 0.25) is 0 Å². The highest BCUT2D eigenvalue weighted by molar-refractivity contribution is 5.69. The normalized spacial score (nSPS) is 29.2. The molecule has 1 aromatic heterocycles. The fourth-order valence-electron chi connectivity index (χ4n) is 5.34. The molecule has 2 heterocycles. The Hall–Kier alpha value is -2.34. The number of amides is 1. The molecule has 1 aromatic carbocycles. The molecule has 1 unspecified atom stereocenters. The number of aromatic nitrogens is 2. The van der Waals surface area contributed by atoms with Crippen LogP contribution in [0.5, 0.6) is 0 Å². The number of aromatic amines is 1. The molecule has 4 rings (SSSR count). The van der Waals surface area contributed by atoms with Crippen LogP contribution in [0.15, 0.2) is 36.5 Å². The van der Waals surface area contributed by atoms with Crippen LogP contribution in [0.4, 0.5) is 4.79 Å². The number of ether oxygens (including phenoxy) is 2. The lowest BCUT2D eigenvalue weighted by Gasteiger charge is -2.33. The third-order valence-corrected chi connectivity index (χ3v) is 6.96. The van der Waals surface area contributed by atoms with Crippen molar-refractivity contribution < 1.29 is 14.3 Å². The van der Waals surface area contributed by atoms with Crippen LogP contribution in [0, 0.1) is 6.92 Å². The summed E-state index contributed by atoms with van der Waals surface area (Å²) < 4.78 is 11.5. The van der Waals surface area contributed by atoms with Gasteiger partial charge in [-0.25, -0.2) is 4.79 Å². The number of nitrogens with zero attached hydrogens (tertiary/aromatic N) is 2. The summed E-state index contributed by atoms with van der Waals surface area (Å²) in [7, 11) is 1.45. The van der Waals surface area contributed by atoms with Crippen molar-refractivity contribution >= 4 is 6.09 Å². The van der Waals surface area contributed by atoms with Gasteiger partial charge in [0.25, 0.3) is 0 Å². The summed E-state index contributed by atoms with van der Waals surface area (Å²) in [5.74, 6) is 0.812. The van der Waals surface area contributed by atoms with Crippen molar-refractivity contribution in [3.8, 4) is 0 Å². The van der Waals surface area contributed by atoms with Crippen LogP contribution in [0.2, 0.25) is 0 Å². The maximum Gasteiger partial charge on any atom is 0.410 e. The summed E-state index contributed by atoms with van der Waals surface area (Å²) in [5, 5.41) is 7.36. The number of H-pyrrole nitrogens is 1. The number of aryl methyl sites for hydroxylation is 1. The Balaban J connectivity index is 1.40. The molecular weight excluding hydrogens is 378 g/mol. The van der Waals surface area contributed by atoms with Crippen LogP contribution >= 0.6 is 0 Å². The highest BCUT2D eigenvalue weighted by atomic mass is 16.5. The first-order chi connectivity index (χ1) is 14.6. The minimum absolute atomic E-state index is 0.0431. The summed E-state index contributed by atoms with van der Waals surface area (Å²) in [6.45, 7) is 4.68. The molecule has 162 valence electrons. The van der Waals surface area contributed by atoms with E-state index in [9.17, 15) is 4.79 Å². The van der Waals surface area contributed by atoms with Crippen molar-refractivity contribution in [1.29, 1.82) is 0 Å². The summed E-state index contributed by atoms with van der Waals surface area (Å²) in [6.07, 6.45) is 7.14. The third kappa shape index (κ3) is 4.24. The molecule has 1 saturated carbocycles. The topological polar surface area (TPSA) is 67.5 Å². The summed E-state index contributed by atoms with van der Waals surface area (Å²) in [4.78, 5) is 14.4. The van der Waals surface area contributed by atoms with Gasteiger partial charge >= 0.3 is 6.09 Å². The molecule has 3 atom stereocenters. The first-order valence-electron chi connectivity index (χ1n) is 11.1. The summed E-state index contributed by atoms with van der Waals surface area (Å²) >= 11 is 0. The van der Waals surface area contributed by atoms with E-state index in [4.69, 9.17) is 9.47 Å². The standard InChI is InChI=1S/C24H33N3O3/c1-16-14-25-26-23(16)21-13-17(2)27(24(28)29-3)22(21)15-30-20-11-9-19(10-12-20)18-7-5-4-6-8-18/h4-8,14,17,19-22H,9-13,15H2,1-3H3,(H,25,26)/t17-,19?,20?,21?,22+/m1/s1. The number of carbonyl (C=O) groups excluding carboxylic acids is 1. The third-order valence-electron chi connectivity index (χ3n) is 6.96. The van der Waals surface area contributed by atoms with E-state index >= 15 is 0 Å². The number of hydrogen-bond acceptors (Lipinski definition) is 4. The second-order valence-electron chi connectivity index (χ2n) is 8.82. The van der Waals surface area contributed by atoms with Crippen LogP contribution in [0.1, 0.15) is 67.7 Å². The number of carbonyl (C=O) groups is 1. The van der Waals surface area contributed by atoms with Crippen molar-refractivity contribution in [1.82, 2.24) is 15.1 Å². The average Bonchev–Trinajstić information content (AvgIpc) is 3.35. The van der Waals surface area contributed by atoms with Crippen LogP contribution < -0.4 is 0 Å². The zero-order chi connectivity index (χ0) is 21.1. The lowest BCUT2D eigenvalue weighted by molar-refractivity contribution is -0.00846. The second-order valence-corrected chi connectivity index (χ2v) is 8.82. The van der Waals surface area contributed by atoms with Crippen LogP contribution in [-0.4, -0.2) is 53.1 Å². The number of nitrogens with one attached hydrogen (secondary N) is 1. The molecule has 6 nitrogen and oxygen atoms in total. The van der Waals surface area contributed by atoms with Gasteiger partial charge in [0.05, 0.1) is 32.1 Å². The number of hydrogen-bond donors (Lipinski definition) is 1. The molecule has 30 heavy (non-hydrogen) atoms. The van der Waals surface area contributed by atoms with E-state index in [-0.39, 0.29) is 30.2 Å². The Kier molecular flexibility index (Phi) is 6.42. The van der Waals surface area contributed by atoms with E-state index in [2.05, 4.69) is 54.4 Å². The van der Waals surface area contributed by atoms with Crippen molar-refractivity contribution in [2.24, 2.45) is 0 Å². The summed E-state index contributed by atoms with van der Waals surface area (Å²) in [5.41, 5.74) is 3.68. The van der Waals surface area contributed by atoms with Crippen molar-refractivity contribution in [2.45, 2.75) is 76.0 Å². The molecule has 1 aliphatic carbocycles. The lowest BCUT2D eigenvalue weighted by atomic mass is 9.83. The minimum Gasteiger partial charge on any atom is -0.453 e. The van der Waals surface area contributed by atoms with E-state index in [0.717, 1.165) is 43.4 Å². The largest absolute Gasteiger partial charge is 0.453 e. The predicted octanol–water partition coefficient (Wildman–Crippen LogP) is 4.77. The van der Waals surface area contributed by atoms with Gasteiger partial charge < -0.3 is 9.47 Å². The van der Waals surface area contributed by atoms with Crippen LogP contribution in [0.25, 0.3) is 0 Å². The molecule has 0 radical (unpaired) electrons. The van der Waals surface area contributed by atoms with Gasteiger partial charge in [0.15, 0.2) is 0 Å². The minimum atomic E-state index is -0.274. The molecule has 2 aromatic rings. The molecule has 6 heteroatoms.